The van der Waals surface area contributed by atoms with Crippen molar-refractivity contribution in [2.45, 2.75) is 18.7 Å². The van der Waals surface area contributed by atoms with Crippen LogP contribution in [0.2, 0.25) is 5.02 Å². The average Bonchev–Trinajstić information content (AvgIpc) is 2.27. The van der Waals surface area contributed by atoms with E-state index in [-0.39, 0.29) is 11.6 Å². The van der Waals surface area contributed by atoms with Crippen molar-refractivity contribution in [3.05, 3.63) is 34.3 Å². The molecule has 0 bridgehead atoms. The van der Waals surface area contributed by atoms with Gasteiger partial charge in [0.15, 0.2) is 0 Å². The highest BCUT2D eigenvalue weighted by Crippen LogP contribution is 2.37. The number of hydrogen-bond acceptors (Lipinski definition) is 2. The van der Waals surface area contributed by atoms with Crippen LogP contribution in [0.15, 0.2) is 18.2 Å². The summed E-state index contributed by atoms with van der Waals surface area (Å²) in [5.74, 6) is 0. The standard InChI is InChI=1S/C11H13ClF3NO/c1-10(6-16,17-2)7-3-4-9(12)8(5-7)11(13,14)15/h3-5H,6,16H2,1-2H3. The number of ether oxygens (including phenoxy) is 1. The van der Waals surface area contributed by atoms with Gasteiger partial charge in [-0.1, -0.05) is 17.7 Å². The molecule has 0 aliphatic carbocycles. The van der Waals surface area contributed by atoms with Crippen LogP contribution in [-0.2, 0) is 16.5 Å². The van der Waals surface area contributed by atoms with Crippen LogP contribution in [0.3, 0.4) is 0 Å². The fraction of sp³-hybridized carbons (Fsp3) is 0.455. The largest absolute Gasteiger partial charge is 0.417 e. The molecular formula is C11H13ClF3NO. The molecule has 1 aromatic carbocycles. The maximum atomic E-state index is 12.7. The second-order valence-corrected chi connectivity index (χ2v) is 4.24. The van der Waals surface area contributed by atoms with Crippen LogP contribution < -0.4 is 5.73 Å². The molecule has 17 heavy (non-hydrogen) atoms. The summed E-state index contributed by atoms with van der Waals surface area (Å²) in [4.78, 5) is 0. The zero-order valence-corrected chi connectivity index (χ0v) is 10.2. The van der Waals surface area contributed by atoms with Crippen LogP contribution in [0.4, 0.5) is 13.2 Å². The Labute approximate surface area is 103 Å². The second kappa shape index (κ2) is 4.84. The number of nitrogens with two attached hydrogens (primary N) is 1. The fourth-order valence-electron chi connectivity index (χ4n) is 1.39. The smallest absolute Gasteiger partial charge is 0.372 e. The van der Waals surface area contributed by atoms with Gasteiger partial charge in [-0.05, 0) is 24.6 Å². The average molecular weight is 268 g/mol. The molecule has 1 atom stereocenters. The summed E-state index contributed by atoms with van der Waals surface area (Å²) in [5.41, 5.74) is 4.02. The summed E-state index contributed by atoms with van der Waals surface area (Å²) in [6.07, 6.45) is -4.49. The van der Waals surface area contributed by atoms with E-state index in [1.54, 1.807) is 6.92 Å². The highest BCUT2D eigenvalue weighted by molar-refractivity contribution is 6.31. The Morgan fingerprint density at radius 2 is 1.94 bits per heavy atom. The predicted molar refractivity (Wildman–Crippen MR) is 59.9 cm³/mol. The molecule has 0 fully saturated rings. The Balaban J connectivity index is 3.31. The molecule has 0 aliphatic rings. The number of alkyl halides is 3. The van der Waals surface area contributed by atoms with Gasteiger partial charge in [-0.25, -0.2) is 0 Å². The van der Waals surface area contributed by atoms with E-state index in [4.69, 9.17) is 22.1 Å². The van der Waals surface area contributed by atoms with Gasteiger partial charge in [0.2, 0.25) is 0 Å². The minimum atomic E-state index is -4.49. The Bertz CT molecular complexity index is 402. The summed E-state index contributed by atoms with van der Waals surface area (Å²) in [6, 6.07) is 3.65. The monoisotopic (exact) mass is 267 g/mol. The van der Waals surface area contributed by atoms with Gasteiger partial charge in [0.05, 0.1) is 10.6 Å². The van der Waals surface area contributed by atoms with E-state index in [0.29, 0.717) is 5.56 Å². The zero-order chi connectivity index (χ0) is 13.3. The Hall–Kier alpha value is -0.780. The van der Waals surface area contributed by atoms with Crippen molar-refractivity contribution in [2.24, 2.45) is 5.73 Å². The SMILES string of the molecule is COC(C)(CN)c1ccc(Cl)c(C(F)(F)F)c1. The molecule has 0 saturated heterocycles. The van der Waals surface area contributed by atoms with Gasteiger partial charge in [-0.2, -0.15) is 13.2 Å². The fourth-order valence-corrected chi connectivity index (χ4v) is 1.62. The summed E-state index contributed by atoms with van der Waals surface area (Å²) in [5, 5.41) is -0.336. The number of methoxy groups -OCH3 is 1. The first-order valence-corrected chi connectivity index (χ1v) is 5.25. The highest BCUT2D eigenvalue weighted by Gasteiger charge is 2.35. The van der Waals surface area contributed by atoms with Gasteiger partial charge in [0, 0.05) is 13.7 Å². The molecule has 1 aromatic rings. The van der Waals surface area contributed by atoms with Gasteiger partial charge in [-0.3, -0.25) is 0 Å². The van der Waals surface area contributed by atoms with E-state index >= 15 is 0 Å². The minimum Gasteiger partial charge on any atom is -0.372 e. The van der Waals surface area contributed by atoms with Crippen molar-refractivity contribution in [1.29, 1.82) is 0 Å². The summed E-state index contributed by atoms with van der Waals surface area (Å²) in [7, 11) is 1.40. The van der Waals surface area contributed by atoms with Gasteiger partial charge < -0.3 is 10.5 Å². The van der Waals surface area contributed by atoms with Crippen LogP contribution in [0.5, 0.6) is 0 Å². The first-order valence-electron chi connectivity index (χ1n) is 4.87. The molecule has 0 amide bonds. The molecule has 2 N–H and O–H groups in total. The Kier molecular flexibility index (Phi) is 4.06. The van der Waals surface area contributed by atoms with Crippen molar-refractivity contribution in [2.75, 3.05) is 13.7 Å². The molecule has 6 heteroatoms. The van der Waals surface area contributed by atoms with Crippen molar-refractivity contribution in [1.82, 2.24) is 0 Å². The first kappa shape index (κ1) is 14.3. The molecule has 1 rings (SSSR count). The molecule has 0 aliphatic heterocycles. The zero-order valence-electron chi connectivity index (χ0n) is 9.44. The molecule has 0 heterocycles. The molecule has 2 nitrogen and oxygen atoms in total. The van der Waals surface area contributed by atoms with Crippen molar-refractivity contribution in [3.8, 4) is 0 Å². The maximum absolute atomic E-state index is 12.7. The number of rotatable bonds is 3. The number of halogens is 4. The second-order valence-electron chi connectivity index (χ2n) is 3.83. The molecule has 0 radical (unpaired) electrons. The van der Waals surface area contributed by atoms with Crippen LogP contribution in [0, 0.1) is 0 Å². The third-order valence-corrected chi connectivity index (χ3v) is 3.05. The Morgan fingerprint density at radius 1 is 1.35 bits per heavy atom. The van der Waals surface area contributed by atoms with E-state index < -0.39 is 17.3 Å². The molecular weight excluding hydrogens is 255 g/mol. The van der Waals surface area contributed by atoms with Gasteiger partial charge in [0.1, 0.15) is 5.60 Å². The maximum Gasteiger partial charge on any atom is 0.417 e. The van der Waals surface area contributed by atoms with Gasteiger partial charge in [0.25, 0.3) is 0 Å². The highest BCUT2D eigenvalue weighted by atomic mass is 35.5. The molecule has 1 unspecified atom stereocenters. The van der Waals surface area contributed by atoms with E-state index in [9.17, 15) is 13.2 Å². The van der Waals surface area contributed by atoms with Crippen LogP contribution >= 0.6 is 11.6 Å². The number of hydrogen-bond donors (Lipinski definition) is 1. The molecule has 0 aromatic heterocycles. The van der Waals surface area contributed by atoms with Crippen LogP contribution in [0.1, 0.15) is 18.1 Å². The van der Waals surface area contributed by atoms with E-state index in [2.05, 4.69) is 0 Å². The lowest BCUT2D eigenvalue weighted by Gasteiger charge is -2.27. The lowest BCUT2D eigenvalue weighted by Crippen LogP contribution is -2.34. The topological polar surface area (TPSA) is 35.2 Å². The van der Waals surface area contributed by atoms with Crippen molar-refractivity contribution < 1.29 is 17.9 Å². The lowest BCUT2D eigenvalue weighted by atomic mass is 9.94. The first-order chi connectivity index (χ1) is 7.74. The molecule has 96 valence electrons. The van der Waals surface area contributed by atoms with Gasteiger partial charge >= 0.3 is 6.18 Å². The normalized spacial score (nSPS) is 15.7. The van der Waals surface area contributed by atoms with E-state index in [1.165, 1.54) is 19.2 Å². The van der Waals surface area contributed by atoms with Crippen molar-refractivity contribution >= 4 is 11.6 Å². The van der Waals surface area contributed by atoms with Gasteiger partial charge in [-0.15, -0.1) is 0 Å². The quantitative estimate of drug-likeness (QED) is 0.913. The third kappa shape index (κ3) is 2.91. The molecule has 0 spiro atoms. The summed E-state index contributed by atoms with van der Waals surface area (Å²) in [6.45, 7) is 1.69. The summed E-state index contributed by atoms with van der Waals surface area (Å²) < 4.78 is 43.1. The lowest BCUT2D eigenvalue weighted by molar-refractivity contribution is -0.137. The van der Waals surface area contributed by atoms with E-state index in [0.717, 1.165) is 6.07 Å². The Morgan fingerprint density at radius 3 is 2.35 bits per heavy atom. The third-order valence-electron chi connectivity index (χ3n) is 2.72. The molecule has 0 saturated carbocycles. The minimum absolute atomic E-state index is 0.0719. The van der Waals surface area contributed by atoms with Crippen LogP contribution in [0.25, 0.3) is 0 Å². The van der Waals surface area contributed by atoms with Crippen molar-refractivity contribution in [3.63, 3.8) is 0 Å². The van der Waals surface area contributed by atoms with Crippen LogP contribution in [-0.4, -0.2) is 13.7 Å². The predicted octanol–water partition coefficient (Wildman–Crippen LogP) is 3.18. The van der Waals surface area contributed by atoms with E-state index in [1.807, 2.05) is 0 Å². The summed E-state index contributed by atoms with van der Waals surface area (Å²) >= 11 is 5.53. The number of benzene rings is 1.